The molecule has 4 nitrogen and oxygen atoms in total. The van der Waals surface area contributed by atoms with Crippen LogP contribution in [0.4, 0.5) is 0 Å². The largest absolute Gasteiger partial charge is 0.462 e. The third-order valence-corrected chi connectivity index (χ3v) is 4.26. The number of hydrogen-bond acceptors (Lipinski definition) is 5. The Morgan fingerprint density at radius 1 is 1.56 bits per heavy atom. The van der Waals surface area contributed by atoms with E-state index in [4.69, 9.17) is 4.42 Å². The minimum absolute atomic E-state index is 0.245. The molecule has 0 aliphatic carbocycles. The third kappa shape index (κ3) is 2.34. The fourth-order valence-electron chi connectivity index (χ4n) is 2.41. The minimum atomic E-state index is 0.245. The zero-order chi connectivity index (χ0) is 12.4. The van der Waals surface area contributed by atoms with Gasteiger partial charge in [0.25, 0.3) is 0 Å². The Balaban J connectivity index is 1.70. The van der Waals surface area contributed by atoms with Crippen LogP contribution in [0.1, 0.15) is 18.5 Å². The summed E-state index contributed by atoms with van der Waals surface area (Å²) in [4.78, 5) is 6.89. The van der Waals surface area contributed by atoms with E-state index in [1.165, 1.54) is 6.42 Å². The Labute approximate surface area is 110 Å². The molecule has 0 amide bonds. The van der Waals surface area contributed by atoms with Gasteiger partial charge in [-0.1, -0.05) is 0 Å². The average molecular weight is 264 g/mol. The second-order valence-electron chi connectivity index (χ2n) is 4.57. The van der Waals surface area contributed by atoms with Crippen molar-refractivity contribution in [1.82, 2.24) is 9.88 Å². The molecule has 1 aliphatic rings. The summed E-state index contributed by atoms with van der Waals surface area (Å²) < 4.78 is 5.34. The smallest absolute Gasteiger partial charge is 0.162 e. The lowest BCUT2D eigenvalue weighted by Crippen LogP contribution is -2.31. The highest BCUT2D eigenvalue weighted by atomic mass is 32.1. The molecule has 0 saturated carbocycles. The molecule has 1 unspecified atom stereocenters. The zero-order valence-corrected chi connectivity index (χ0v) is 10.9. The molecule has 18 heavy (non-hydrogen) atoms. The maximum absolute atomic E-state index is 9.30. The predicted octanol–water partition coefficient (Wildman–Crippen LogP) is 2.36. The van der Waals surface area contributed by atoms with Crippen molar-refractivity contribution in [3.63, 3.8) is 0 Å². The molecule has 96 valence electrons. The minimum Gasteiger partial charge on any atom is -0.462 e. The van der Waals surface area contributed by atoms with Gasteiger partial charge in [0, 0.05) is 18.0 Å². The first kappa shape index (κ1) is 11.9. The van der Waals surface area contributed by atoms with E-state index >= 15 is 0 Å². The number of nitrogens with zero attached hydrogens (tertiary/aromatic N) is 2. The average Bonchev–Trinajstić information content (AvgIpc) is 3.10. The summed E-state index contributed by atoms with van der Waals surface area (Å²) in [6.45, 7) is 2.12. The van der Waals surface area contributed by atoms with Gasteiger partial charge in [0.2, 0.25) is 0 Å². The summed E-state index contributed by atoms with van der Waals surface area (Å²) in [6.07, 6.45) is 3.92. The molecule has 0 radical (unpaired) electrons. The van der Waals surface area contributed by atoms with E-state index in [-0.39, 0.29) is 6.61 Å². The lowest BCUT2D eigenvalue weighted by Gasteiger charge is -2.21. The number of aliphatic hydroxyl groups excluding tert-OH is 1. The van der Waals surface area contributed by atoms with Crippen LogP contribution in [0.15, 0.2) is 28.2 Å². The summed E-state index contributed by atoms with van der Waals surface area (Å²) in [7, 11) is 0. The SMILES string of the molecule is OCC1CCCN1Cc1csc(-c2ccco2)n1. The molecule has 3 rings (SSSR count). The highest BCUT2D eigenvalue weighted by molar-refractivity contribution is 7.13. The van der Waals surface area contributed by atoms with Gasteiger partial charge in [-0.05, 0) is 31.5 Å². The first-order chi connectivity index (χ1) is 8.86. The molecule has 0 bridgehead atoms. The lowest BCUT2D eigenvalue weighted by molar-refractivity contribution is 0.152. The van der Waals surface area contributed by atoms with Crippen molar-refractivity contribution in [2.45, 2.75) is 25.4 Å². The number of likely N-dealkylation sites (tertiary alicyclic amines) is 1. The second kappa shape index (κ2) is 5.22. The van der Waals surface area contributed by atoms with Gasteiger partial charge in [-0.25, -0.2) is 4.98 Å². The molecular formula is C13H16N2O2S. The van der Waals surface area contributed by atoms with Gasteiger partial charge in [-0.2, -0.15) is 0 Å². The molecule has 0 spiro atoms. The Hall–Kier alpha value is -1.17. The summed E-state index contributed by atoms with van der Waals surface area (Å²) in [5, 5.41) is 12.3. The topological polar surface area (TPSA) is 49.5 Å². The van der Waals surface area contributed by atoms with Crippen LogP contribution in [-0.2, 0) is 6.54 Å². The predicted molar refractivity (Wildman–Crippen MR) is 70.3 cm³/mol. The quantitative estimate of drug-likeness (QED) is 0.921. The van der Waals surface area contributed by atoms with Crippen LogP contribution in [0.2, 0.25) is 0 Å². The molecule has 2 aromatic heterocycles. The molecule has 5 heteroatoms. The van der Waals surface area contributed by atoms with Crippen LogP contribution >= 0.6 is 11.3 Å². The molecule has 0 aromatic carbocycles. The maximum Gasteiger partial charge on any atom is 0.162 e. The van der Waals surface area contributed by atoms with Crippen molar-refractivity contribution in [3.05, 3.63) is 29.5 Å². The van der Waals surface area contributed by atoms with Crippen LogP contribution in [0.25, 0.3) is 10.8 Å². The summed E-state index contributed by atoms with van der Waals surface area (Å²) in [5.74, 6) is 0.825. The molecule has 1 fully saturated rings. The number of aliphatic hydroxyl groups is 1. The summed E-state index contributed by atoms with van der Waals surface area (Å²) >= 11 is 1.61. The van der Waals surface area contributed by atoms with Crippen molar-refractivity contribution in [3.8, 4) is 10.8 Å². The van der Waals surface area contributed by atoms with E-state index in [9.17, 15) is 5.11 Å². The van der Waals surface area contributed by atoms with Gasteiger partial charge in [0.15, 0.2) is 10.8 Å². The van der Waals surface area contributed by atoms with E-state index in [1.54, 1.807) is 17.6 Å². The number of thiazole rings is 1. The molecule has 2 aromatic rings. The Kier molecular flexibility index (Phi) is 3.45. The Bertz CT molecular complexity index is 495. The van der Waals surface area contributed by atoms with Gasteiger partial charge in [0.05, 0.1) is 18.6 Å². The molecule has 1 saturated heterocycles. The van der Waals surface area contributed by atoms with Crippen LogP contribution in [0.3, 0.4) is 0 Å². The zero-order valence-electron chi connectivity index (χ0n) is 10.1. The van der Waals surface area contributed by atoms with Crippen molar-refractivity contribution >= 4 is 11.3 Å². The van der Waals surface area contributed by atoms with E-state index in [0.29, 0.717) is 6.04 Å². The molecular weight excluding hydrogens is 248 g/mol. The fourth-order valence-corrected chi connectivity index (χ4v) is 3.19. The highest BCUT2D eigenvalue weighted by Crippen LogP contribution is 2.26. The van der Waals surface area contributed by atoms with Gasteiger partial charge < -0.3 is 9.52 Å². The first-order valence-corrected chi connectivity index (χ1v) is 7.08. The van der Waals surface area contributed by atoms with Crippen molar-refractivity contribution in [2.24, 2.45) is 0 Å². The summed E-state index contributed by atoms with van der Waals surface area (Å²) in [6, 6.07) is 4.10. The fraction of sp³-hybridized carbons (Fsp3) is 0.462. The van der Waals surface area contributed by atoms with E-state index < -0.39 is 0 Å². The van der Waals surface area contributed by atoms with Crippen molar-refractivity contribution < 1.29 is 9.52 Å². The summed E-state index contributed by atoms with van der Waals surface area (Å²) in [5.41, 5.74) is 1.06. The molecule has 1 atom stereocenters. The number of rotatable bonds is 4. The van der Waals surface area contributed by atoms with Gasteiger partial charge in [-0.3, -0.25) is 4.90 Å². The Morgan fingerprint density at radius 3 is 3.28 bits per heavy atom. The lowest BCUT2D eigenvalue weighted by atomic mass is 10.2. The van der Waals surface area contributed by atoms with E-state index in [1.807, 2.05) is 12.1 Å². The standard InChI is InChI=1S/C13H16N2O2S/c16-8-11-3-1-5-15(11)7-10-9-18-13(14-10)12-4-2-6-17-12/h2,4,6,9,11,16H,1,3,5,7-8H2. The number of hydrogen-bond donors (Lipinski definition) is 1. The maximum atomic E-state index is 9.30. The van der Waals surface area contributed by atoms with Crippen LogP contribution in [0, 0.1) is 0 Å². The number of furan rings is 1. The van der Waals surface area contributed by atoms with Crippen LogP contribution in [0.5, 0.6) is 0 Å². The van der Waals surface area contributed by atoms with Crippen molar-refractivity contribution in [2.75, 3.05) is 13.2 Å². The van der Waals surface area contributed by atoms with Crippen molar-refractivity contribution in [1.29, 1.82) is 0 Å². The molecule has 1 aliphatic heterocycles. The third-order valence-electron chi connectivity index (χ3n) is 3.36. The first-order valence-electron chi connectivity index (χ1n) is 6.20. The monoisotopic (exact) mass is 264 g/mol. The van der Waals surface area contributed by atoms with Gasteiger partial charge >= 0.3 is 0 Å². The Morgan fingerprint density at radius 2 is 2.50 bits per heavy atom. The van der Waals surface area contributed by atoms with Crippen LogP contribution < -0.4 is 0 Å². The molecule has 1 N–H and O–H groups in total. The normalized spacial score (nSPS) is 20.6. The van der Waals surface area contributed by atoms with Gasteiger partial charge in [-0.15, -0.1) is 11.3 Å². The van der Waals surface area contributed by atoms with Crippen LogP contribution in [-0.4, -0.2) is 34.2 Å². The van der Waals surface area contributed by atoms with E-state index in [2.05, 4.69) is 15.3 Å². The number of aromatic nitrogens is 1. The second-order valence-corrected chi connectivity index (χ2v) is 5.43. The molecule has 3 heterocycles. The van der Waals surface area contributed by atoms with E-state index in [0.717, 1.165) is 36.0 Å². The highest BCUT2D eigenvalue weighted by Gasteiger charge is 2.24. The van der Waals surface area contributed by atoms with Gasteiger partial charge in [0.1, 0.15) is 0 Å².